The van der Waals surface area contributed by atoms with Gasteiger partial charge in [-0.1, -0.05) is 13.8 Å². The van der Waals surface area contributed by atoms with Crippen LogP contribution in [0.1, 0.15) is 46.3 Å². The Morgan fingerprint density at radius 3 is 2.59 bits per heavy atom. The minimum absolute atomic E-state index is 0.0803. The van der Waals surface area contributed by atoms with Crippen LogP contribution in [0, 0.1) is 0 Å². The maximum Gasteiger partial charge on any atom is 0.335 e. The number of hydrogen-bond donors (Lipinski definition) is 3. The normalized spacial score (nSPS) is 10.5. The maximum absolute atomic E-state index is 12.2. The number of aromatic amines is 1. The molecule has 3 N–H and O–H groups in total. The number of hydrogen-bond acceptors (Lipinski definition) is 4. The van der Waals surface area contributed by atoms with Crippen molar-refractivity contribution in [3.63, 3.8) is 0 Å². The summed E-state index contributed by atoms with van der Waals surface area (Å²) in [6.45, 7) is 3.98. The van der Waals surface area contributed by atoms with E-state index in [4.69, 9.17) is 9.84 Å². The van der Waals surface area contributed by atoms with Crippen molar-refractivity contribution in [3.8, 4) is 5.75 Å². The van der Waals surface area contributed by atoms with Crippen LogP contribution >= 0.6 is 0 Å². The van der Waals surface area contributed by atoms with Crippen LogP contribution in [-0.2, 0) is 0 Å². The molecule has 0 spiro atoms. The molecule has 2 rings (SSSR count). The number of nitrogens with one attached hydrogen (secondary N) is 2. The van der Waals surface area contributed by atoms with Crippen molar-refractivity contribution in [1.29, 1.82) is 0 Å². The molecule has 1 heterocycles. The minimum atomic E-state index is -1.06. The molecule has 7 heteroatoms. The van der Waals surface area contributed by atoms with Crippen LogP contribution in [0.2, 0.25) is 0 Å². The number of H-pyrrole nitrogens is 1. The largest absolute Gasteiger partial charge is 0.495 e. The second-order valence-electron chi connectivity index (χ2n) is 5.04. The number of methoxy groups -OCH3 is 1. The highest BCUT2D eigenvalue weighted by Gasteiger charge is 2.15. The summed E-state index contributed by atoms with van der Waals surface area (Å²) in [4.78, 5) is 23.1. The molecular weight excluding hydrogens is 286 g/mol. The Morgan fingerprint density at radius 2 is 2.05 bits per heavy atom. The molecule has 22 heavy (non-hydrogen) atoms. The summed E-state index contributed by atoms with van der Waals surface area (Å²) >= 11 is 0. The van der Waals surface area contributed by atoms with Crippen molar-refractivity contribution in [2.45, 2.75) is 19.8 Å². The van der Waals surface area contributed by atoms with Gasteiger partial charge in [-0.3, -0.25) is 9.89 Å². The molecule has 0 aliphatic heterocycles. The van der Waals surface area contributed by atoms with Crippen LogP contribution in [0.25, 0.3) is 0 Å². The lowest BCUT2D eigenvalue weighted by Crippen LogP contribution is -2.13. The van der Waals surface area contributed by atoms with Crippen LogP contribution in [0.4, 0.5) is 5.69 Å². The zero-order valence-corrected chi connectivity index (χ0v) is 12.5. The molecule has 0 aliphatic carbocycles. The molecule has 0 fully saturated rings. The molecule has 2 aromatic rings. The molecule has 0 aliphatic rings. The first-order valence-corrected chi connectivity index (χ1v) is 6.70. The van der Waals surface area contributed by atoms with Gasteiger partial charge in [-0.2, -0.15) is 5.10 Å². The number of carboxylic acids is 1. The van der Waals surface area contributed by atoms with E-state index in [0.717, 1.165) is 5.69 Å². The molecule has 116 valence electrons. The van der Waals surface area contributed by atoms with Gasteiger partial charge in [0, 0.05) is 5.69 Å². The summed E-state index contributed by atoms with van der Waals surface area (Å²) in [5.41, 5.74) is 1.58. The number of ether oxygens (including phenoxy) is 1. The molecule has 7 nitrogen and oxygen atoms in total. The van der Waals surface area contributed by atoms with Gasteiger partial charge in [0.25, 0.3) is 5.91 Å². The van der Waals surface area contributed by atoms with Gasteiger partial charge in [0.15, 0.2) is 5.69 Å². The molecule has 1 aromatic carbocycles. The van der Waals surface area contributed by atoms with E-state index in [9.17, 15) is 9.59 Å². The molecule has 0 unspecified atom stereocenters. The third-order valence-corrected chi connectivity index (χ3v) is 3.15. The van der Waals surface area contributed by atoms with Crippen LogP contribution in [0.5, 0.6) is 5.75 Å². The number of amides is 1. The maximum atomic E-state index is 12.2. The third kappa shape index (κ3) is 3.25. The van der Waals surface area contributed by atoms with Gasteiger partial charge in [0.05, 0.1) is 18.4 Å². The Kier molecular flexibility index (Phi) is 4.45. The highest BCUT2D eigenvalue weighted by molar-refractivity contribution is 6.04. The van der Waals surface area contributed by atoms with Gasteiger partial charge in [-0.05, 0) is 30.2 Å². The van der Waals surface area contributed by atoms with E-state index in [-0.39, 0.29) is 22.9 Å². The molecule has 0 bridgehead atoms. The molecule has 0 radical (unpaired) electrons. The van der Waals surface area contributed by atoms with E-state index in [2.05, 4.69) is 15.5 Å². The Morgan fingerprint density at radius 1 is 1.32 bits per heavy atom. The SMILES string of the molecule is COc1cc(C(=O)O)ccc1NC(=O)c1cc(C(C)C)[nH]n1. The van der Waals surface area contributed by atoms with Gasteiger partial charge in [-0.25, -0.2) is 4.79 Å². The predicted molar refractivity (Wildman–Crippen MR) is 80.6 cm³/mol. The van der Waals surface area contributed by atoms with E-state index >= 15 is 0 Å². The number of rotatable bonds is 5. The van der Waals surface area contributed by atoms with E-state index in [1.807, 2.05) is 13.8 Å². The first-order valence-electron chi connectivity index (χ1n) is 6.70. The van der Waals surface area contributed by atoms with Crippen molar-refractivity contribution >= 4 is 17.6 Å². The van der Waals surface area contributed by atoms with Crippen LogP contribution < -0.4 is 10.1 Å². The molecular formula is C15H17N3O4. The zero-order valence-electron chi connectivity index (χ0n) is 12.5. The van der Waals surface area contributed by atoms with Crippen molar-refractivity contribution in [1.82, 2.24) is 10.2 Å². The number of carboxylic acid groups (broad SMARTS) is 1. The molecule has 1 amide bonds. The summed E-state index contributed by atoms with van der Waals surface area (Å²) in [5, 5.41) is 18.4. The van der Waals surface area contributed by atoms with Crippen LogP contribution in [-0.4, -0.2) is 34.3 Å². The highest BCUT2D eigenvalue weighted by Crippen LogP contribution is 2.26. The minimum Gasteiger partial charge on any atom is -0.495 e. The number of aromatic nitrogens is 2. The topological polar surface area (TPSA) is 104 Å². The fourth-order valence-electron chi connectivity index (χ4n) is 1.86. The molecule has 0 saturated carbocycles. The number of aromatic carboxylic acids is 1. The third-order valence-electron chi connectivity index (χ3n) is 3.15. The van der Waals surface area contributed by atoms with E-state index in [0.29, 0.717) is 5.69 Å². The first kappa shape index (κ1) is 15.6. The lowest BCUT2D eigenvalue weighted by atomic mass is 10.1. The monoisotopic (exact) mass is 303 g/mol. The Hall–Kier alpha value is -2.83. The summed E-state index contributed by atoms with van der Waals surface area (Å²) in [5.74, 6) is -0.958. The fourth-order valence-corrected chi connectivity index (χ4v) is 1.86. The summed E-state index contributed by atoms with van der Waals surface area (Å²) in [6, 6.07) is 5.90. The number of nitrogens with zero attached hydrogens (tertiary/aromatic N) is 1. The number of carbonyl (C=O) groups excluding carboxylic acids is 1. The van der Waals surface area contributed by atoms with Gasteiger partial charge in [0.2, 0.25) is 0 Å². The second-order valence-corrected chi connectivity index (χ2v) is 5.04. The highest BCUT2D eigenvalue weighted by atomic mass is 16.5. The van der Waals surface area contributed by atoms with Gasteiger partial charge < -0.3 is 15.2 Å². The molecule has 1 aromatic heterocycles. The average Bonchev–Trinajstić information content (AvgIpc) is 2.97. The van der Waals surface area contributed by atoms with Gasteiger partial charge in [0.1, 0.15) is 5.75 Å². The fraction of sp³-hybridized carbons (Fsp3) is 0.267. The van der Waals surface area contributed by atoms with Crippen LogP contribution in [0.15, 0.2) is 24.3 Å². The van der Waals surface area contributed by atoms with E-state index in [1.165, 1.54) is 25.3 Å². The Balaban J connectivity index is 2.22. The van der Waals surface area contributed by atoms with E-state index in [1.54, 1.807) is 6.07 Å². The second kappa shape index (κ2) is 6.30. The Bertz CT molecular complexity index is 707. The van der Waals surface area contributed by atoms with Crippen molar-refractivity contribution < 1.29 is 19.4 Å². The van der Waals surface area contributed by atoms with Crippen molar-refractivity contribution in [3.05, 3.63) is 41.2 Å². The van der Waals surface area contributed by atoms with Gasteiger partial charge >= 0.3 is 5.97 Å². The number of anilines is 1. The molecule has 0 atom stereocenters. The van der Waals surface area contributed by atoms with E-state index < -0.39 is 11.9 Å². The summed E-state index contributed by atoms with van der Waals surface area (Å²) in [7, 11) is 1.40. The predicted octanol–water partition coefficient (Wildman–Crippen LogP) is 2.49. The average molecular weight is 303 g/mol. The lowest BCUT2D eigenvalue weighted by molar-refractivity contribution is 0.0696. The Labute approximate surface area is 127 Å². The summed E-state index contributed by atoms with van der Waals surface area (Å²) in [6.07, 6.45) is 0. The summed E-state index contributed by atoms with van der Waals surface area (Å²) < 4.78 is 5.11. The quantitative estimate of drug-likeness (QED) is 0.787. The molecule has 0 saturated heterocycles. The standard InChI is InChI=1S/C15H17N3O4/c1-8(2)11-7-12(18-17-11)14(19)16-10-5-4-9(15(20)21)6-13(10)22-3/h4-8H,1-3H3,(H,16,19)(H,17,18)(H,20,21). The van der Waals surface area contributed by atoms with Crippen LogP contribution in [0.3, 0.4) is 0 Å². The van der Waals surface area contributed by atoms with Gasteiger partial charge in [-0.15, -0.1) is 0 Å². The number of carbonyl (C=O) groups is 2. The first-order chi connectivity index (χ1) is 10.4. The van der Waals surface area contributed by atoms with Crippen molar-refractivity contribution in [2.75, 3.05) is 12.4 Å². The van der Waals surface area contributed by atoms with Crippen molar-refractivity contribution in [2.24, 2.45) is 0 Å². The lowest BCUT2D eigenvalue weighted by Gasteiger charge is -2.10. The number of benzene rings is 1. The smallest absolute Gasteiger partial charge is 0.335 e. The zero-order chi connectivity index (χ0) is 16.3.